The topological polar surface area (TPSA) is 70.1 Å². The lowest BCUT2D eigenvalue weighted by molar-refractivity contribution is -0.116. The molecular weight excluding hydrogens is 361 g/mol. The molecule has 0 radical (unpaired) electrons. The van der Waals surface area contributed by atoms with Crippen molar-refractivity contribution in [3.05, 3.63) is 74.6 Å². The lowest BCUT2D eigenvalue weighted by Gasteiger charge is -2.39. The molecule has 0 bridgehead atoms. The number of nitrogens with two attached hydrogens (primary N) is 1. The van der Waals surface area contributed by atoms with Crippen molar-refractivity contribution in [2.24, 2.45) is 5.73 Å². The number of carbonyl (C=O) groups excluding carboxylic acids is 1. The summed E-state index contributed by atoms with van der Waals surface area (Å²) in [6.45, 7) is 2.00. The van der Waals surface area contributed by atoms with Crippen molar-refractivity contribution in [3.8, 4) is 6.07 Å². The van der Waals surface area contributed by atoms with E-state index >= 15 is 0 Å². The molecule has 0 spiro atoms. The van der Waals surface area contributed by atoms with Gasteiger partial charge in [0.2, 0.25) is 0 Å². The number of benzene rings is 1. The number of aryl methyl sites for hydroxylation is 1. The van der Waals surface area contributed by atoms with Crippen LogP contribution < -0.4 is 10.6 Å². The number of rotatable bonds is 2. The molecular formula is C21H18FN3OS. The number of hydrogen-bond acceptors (Lipinski definition) is 5. The van der Waals surface area contributed by atoms with Crippen molar-refractivity contribution in [2.75, 3.05) is 4.90 Å². The van der Waals surface area contributed by atoms with E-state index in [-0.39, 0.29) is 11.6 Å². The van der Waals surface area contributed by atoms with Crippen LogP contribution in [-0.2, 0) is 4.79 Å². The molecule has 0 saturated heterocycles. The number of hydrogen-bond donors (Lipinski definition) is 1. The Balaban J connectivity index is 1.96. The maximum atomic E-state index is 13.4. The van der Waals surface area contributed by atoms with Crippen LogP contribution in [0.15, 0.2) is 59.1 Å². The molecule has 0 amide bonds. The average molecular weight is 379 g/mol. The lowest BCUT2D eigenvalue weighted by Crippen LogP contribution is -2.38. The highest BCUT2D eigenvalue weighted by Crippen LogP contribution is 2.47. The van der Waals surface area contributed by atoms with Crippen molar-refractivity contribution < 1.29 is 9.18 Å². The molecule has 1 atom stereocenters. The predicted molar refractivity (Wildman–Crippen MR) is 103 cm³/mol. The normalized spacial score (nSPS) is 20.0. The molecule has 1 aliphatic heterocycles. The van der Waals surface area contributed by atoms with Gasteiger partial charge in [0.1, 0.15) is 11.6 Å². The maximum absolute atomic E-state index is 13.4. The summed E-state index contributed by atoms with van der Waals surface area (Å²) in [7, 11) is 0. The number of Topliss-reactive ketones (excluding diaryl/α,β-unsaturated/α-hetero) is 1. The van der Waals surface area contributed by atoms with E-state index in [1.165, 1.54) is 12.1 Å². The summed E-state index contributed by atoms with van der Waals surface area (Å²) in [5.41, 5.74) is 8.94. The summed E-state index contributed by atoms with van der Waals surface area (Å²) < 4.78 is 13.4. The molecule has 2 heterocycles. The Morgan fingerprint density at radius 3 is 2.59 bits per heavy atom. The maximum Gasteiger partial charge on any atom is 0.161 e. The summed E-state index contributed by atoms with van der Waals surface area (Å²) >= 11 is 1.58. The molecule has 2 N–H and O–H groups in total. The Labute approximate surface area is 161 Å². The van der Waals surface area contributed by atoms with Gasteiger partial charge in [0.05, 0.1) is 17.6 Å². The van der Waals surface area contributed by atoms with E-state index < -0.39 is 5.92 Å². The molecule has 0 saturated carbocycles. The second-order valence-corrected chi connectivity index (χ2v) is 8.06. The van der Waals surface area contributed by atoms with Gasteiger partial charge < -0.3 is 5.73 Å². The van der Waals surface area contributed by atoms with Gasteiger partial charge in [-0.15, -0.1) is 11.3 Å². The van der Waals surface area contributed by atoms with Gasteiger partial charge in [-0.25, -0.2) is 4.39 Å². The molecule has 1 aromatic carbocycles. The Hall–Kier alpha value is -2.91. The van der Waals surface area contributed by atoms with Crippen molar-refractivity contribution in [2.45, 2.75) is 32.1 Å². The van der Waals surface area contributed by atoms with Gasteiger partial charge in [0, 0.05) is 33.1 Å². The summed E-state index contributed by atoms with van der Waals surface area (Å²) in [5.74, 6) is -0.402. The fourth-order valence-corrected chi connectivity index (χ4v) is 4.86. The molecule has 1 aliphatic carbocycles. The van der Waals surface area contributed by atoms with E-state index in [4.69, 9.17) is 5.73 Å². The standard InChI is InChI=1S/C21H18FN3OS/c1-12-5-10-18(27-12)19-15(11-23)21(24)25(14-8-6-13(22)7-9-14)16-3-2-4-17(26)20(16)19/h5-10,19H,2-4,24H2,1H3. The number of carbonyl (C=O) groups is 1. The van der Waals surface area contributed by atoms with Gasteiger partial charge in [-0.05, 0) is 56.2 Å². The van der Waals surface area contributed by atoms with E-state index in [9.17, 15) is 14.4 Å². The molecule has 1 aromatic heterocycles. The highest BCUT2D eigenvalue weighted by Gasteiger charge is 2.40. The predicted octanol–water partition coefficient (Wildman–Crippen LogP) is 4.50. The van der Waals surface area contributed by atoms with Crippen LogP contribution >= 0.6 is 11.3 Å². The van der Waals surface area contributed by atoms with Crippen LogP contribution in [0.25, 0.3) is 0 Å². The van der Waals surface area contributed by atoms with E-state index in [1.807, 2.05) is 19.1 Å². The van der Waals surface area contributed by atoms with E-state index in [0.29, 0.717) is 35.5 Å². The van der Waals surface area contributed by atoms with Crippen LogP contribution in [0, 0.1) is 24.1 Å². The second kappa shape index (κ2) is 6.67. The quantitative estimate of drug-likeness (QED) is 0.834. The minimum Gasteiger partial charge on any atom is -0.384 e. The Bertz CT molecular complexity index is 1030. The van der Waals surface area contributed by atoms with Gasteiger partial charge in [0.25, 0.3) is 0 Å². The SMILES string of the molecule is Cc1ccc(C2C(C#N)=C(N)N(c3ccc(F)cc3)C3=C2C(=O)CCC3)s1. The number of thiophene rings is 1. The summed E-state index contributed by atoms with van der Waals surface area (Å²) in [4.78, 5) is 16.7. The third kappa shape index (κ3) is 2.84. The van der Waals surface area contributed by atoms with E-state index in [0.717, 1.165) is 21.9 Å². The zero-order valence-corrected chi connectivity index (χ0v) is 15.6. The summed E-state index contributed by atoms with van der Waals surface area (Å²) in [6, 6.07) is 12.1. The number of nitriles is 1. The van der Waals surface area contributed by atoms with Crippen LogP contribution in [0.3, 0.4) is 0 Å². The largest absolute Gasteiger partial charge is 0.384 e. The third-order valence-electron chi connectivity index (χ3n) is 5.04. The number of allylic oxidation sites excluding steroid dienone is 3. The average Bonchev–Trinajstić information content (AvgIpc) is 3.08. The highest BCUT2D eigenvalue weighted by molar-refractivity contribution is 7.12. The minimum atomic E-state index is -0.423. The van der Waals surface area contributed by atoms with Crippen LogP contribution in [0.1, 0.15) is 34.9 Å². The number of anilines is 1. The molecule has 27 heavy (non-hydrogen) atoms. The van der Waals surface area contributed by atoms with Crippen LogP contribution in [0.4, 0.5) is 10.1 Å². The first kappa shape index (κ1) is 17.5. The Kier molecular flexibility index (Phi) is 4.33. The first-order chi connectivity index (χ1) is 13.0. The first-order valence-electron chi connectivity index (χ1n) is 8.79. The van der Waals surface area contributed by atoms with Crippen molar-refractivity contribution in [1.29, 1.82) is 5.26 Å². The number of nitrogens with zero attached hydrogens (tertiary/aromatic N) is 2. The molecule has 0 fully saturated rings. The first-order valence-corrected chi connectivity index (χ1v) is 9.61. The highest BCUT2D eigenvalue weighted by atomic mass is 32.1. The summed E-state index contributed by atoms with van der Waals surface area (Å²) in [6.07, 6.45) is 1.90. The van der Waals surface area contributed by atoms with Gasteiger partial charge in [-0.1, -0.05) is 0 Å². The Morgan fingerprint density at radius 2 is 1.96 bits per heavy atom. The van der Waals surface area contributed by atoms with Gasteiger partial charge >= 0.3 is 0 Å². The van der Waals surface area contributed by atoms with Crippen molar-refractivity contribution in [1.82, 2.24) is 0 Å². The molecule has 4 rings (SSSR count). The zero-order chi connectivity index (χ0) is 19.1. The number of ketones is 1. The van der Waals surface area contributed by atoms with Gasteiger partial charge in [-0.3, -0.25) is 9.69 Å². The monoisotopic (exact) mass is 379 g/mol. The second-order valence-electron chi connectivity index (χ2n) is 6.74. The molecule has 1 unspecified atom stereocenters. The Morgan fingerprint density at radius 1 is 1.22 bits per heavy atom. The lowest BCUT2D eigenvalue weighted by atomic mass is 9.78. The molecule has 4 nitrogen and oxygen atoms in total. The fraction of sp³-hybridized carbons (Fsp3) is 0.238. The summed E-state index contributed by atoms with van der Waals surface area (Å²) in [5, 5.41) is 9.88. The molecule has 136 valence electrons. The van der Waals surface area contributed by atoms with Crippen LogP contribution in [0.5, 0.6) is 0 Å². The fourth-order valence-electron chi connectivity index (χ4n) is 3.86. The van der Waals surface area contributed by atoms with Gasteiger partial charge in [0.15, 0.2) is 5.78 Å². The van der Waals surface area contributed by atoms with Gasteiger partial charge in [-0.2, -0.15) is 5.26 Å². The molecule has 2 aliphatic rings. The van der Waals surface area contributed by atoms with Crippen molar-refractivity contribution in [3.63, 3.8) is 0 Å². The minimum absolute atomic E-state index is 0.0552. The van der Waals surface area contributed by atoms with E-state index in [1.54, 1.807) is 28.4 Å². The van der Waals surface area contributed by atoms with Crippen LogP contribution in [-0.4, -0.2) is 5.78 Å². The van der Waals surface area contributed by atoms with Crippen molar-refractivity contribution >= 4 is 22.8 Å². The van der Waals surface area contributed by atoms with E-state index in [2.05, 4.69) is 6.07 Å². The molecule has 2 aromatic rings. The van der Waals surface area contributed by atoms with Crippen LogP contribution in [0.2, 0.25) is 0 Å². The zero-order valence-electron chi connectivity index (χ0n) is 14.8. The third-order valence-corrected chi connectivity index (χ3v) is 6.11. The number of halogens is 1. The smallest absolute Gasteiger partial charge is 0.161 e. The molecule has 6 heteroatoms.